The average molecular weight is 260 g/mol. The third kappa shape index (κ3) is 5.25. The summed E-state index contributed by atoms with van der Waals surface area (Å²) in [5.74, 6) is -0.275. The largest absolute Gasteiger partial charge is 0.319 e. The molecule has 0 saturated carbocycles. The van der Waals surface area contributed by atoms with E-state index in [1.54, 1.807) is 25.2 Å². The molecule has 0 bridgehead atoms. The molecule has 0 aromatic heterocycles. The highest BCUT2D eigenvalue weighted by molar-refractivity contribution is 7.89. The molecule has 1 rings (SSSR count). The van der Waals surface area contributed by atoms with Crippen molar-refractivity contribution in [3.63, 3.8) is 0 Å². The van der Waals surface area contributed by atoms with Crippen LogP contribution in [0, 0.1) is 5.82 Å². The monoisotopic (exact) mass is 260 g/mol. The van der Waals surface area contributed by atoms with E-state index in [-0.39, 0.29) is 18.1 Å². The molecule has 1 aromatic rings. The summed E-state index contributed by atoms with van der Waals surface area (Å²) in [4.78, 5) is 0. The molecule has 17 heavy (non-hydrogen) atoms. The predicted octanol–water partition coefficient (Wildman–Crippen LogP) is 0.507. The van der Waals surface area contributed by atoms with Gasteiger partial charge in [-0.15, -0.1) is 0 Å². The molecule has 0 spiro atoms. The highest BCUT2D eigenvalue weighted by atomic mass is 32.2. The van der Waals surface area contributed by atoms with Gasteiger partial charge in [0.15, 0.2) is 0 Å². The van der Waals surface area contributed by atoms with E-state index >= 15 is 0 Å². The minimum Gasteiger partial charge on any atom is -0.319 e. The van der Waals surface area contributed by atoms with E-state index in [9.17, 15) is 12.8 Å². The highest BCUT2D eigenvalue weighted by Crippen LogP contribution is 2.06. The minimum atomic E-state index is -3.26. The van der Waals surface area contributed by atoms with Crippen LogP contribution in [0.25, 0.3) is 0 Å². The number of hydrogen-bond donors (Lipinski definition) is 2. The summed E-state index contributed by atoms with van der Waals surface area (Å²) in [6, 6.07) is 6.35. The van der Waals surface area contributed by atoms with E-state index in [0.717, 1.165) is 0 Å². The molecule has 2 N–H and O–H groups in total. The first-order valence-electron chi connectivity index (χ1n) is 5.40. The second-order valence-corrected chi connectivity index (χ2v) is 5.58. The lowest BCUT2D eigenvalue weighted by molar-refractivity contribution is 0.575. The van der Waals surface area contributed by atoms with Crippen molar-refractivity contribution in [3.05, 3.63) is 35.6 Å². The predicted molar refractivity (Wildman–Crippen MR) is 65.8 cm³/mol. The molecule has 0 aliphatic heterocycles. The van der Waals surface area contributed by atoms with Gasteiger partial charge in [0, 0.05) is 13.1 Å². The molecular weight excluding hydrogens is 243 g/mol. The number of nitrogens with one attached hydrogen (secondary N) is 2. The Morgan fingerprint density at radius 1 is 1.24 bits per heavy atom. The van der Waals surface area contributed by atoms with Crippen LogP contribution in [0.2, 0.25) is 0 Å². The zero-order valence-corrected chi connectivity index (χ0v) is 10.6. The first-order valence-corrected chi connectivity index (χ1v) is 7.06. The molecular formula is C11H17FN2O2S. The second kappa shape index (κ2) is 6.68. The average Bonchev–Trinajstić information content (AvgIpc) is 2.29. The Balaban J connectivity index is 2.40. The topological polar surface area (TPSA) is 58.2 Å². The van der Waals surface area contributed by atoms with E-state index in [4.69, 9.17) is 0 Å². The molecule has 1 aromatic carbocycles. The first kappa shape index (κ1) is 14.1. The van der Waals surface area contributed by atoms with Crippen molar-refractivity contribution in [2.45, 2.75) is 6.42 Å². The third-order valence-electron chi connectivity index (χ3n) is 2.29. The lowest BCUT2D eigenvalue weighted by Gasteiger charge is -2.06. The summed E-state index contributed by atoms with van der Waals surface area (Å²) in [6.07, 6.45) is 0.353. The van der Waals surface area contributed by atoms with Crippen LogP contribution in [0.15, 0.2) is 24.3 Å². The van der Waals surface area contributed by atoms with Gasteiger partial charge in [-0.1, -0.05) is 18.2 Å². The number of sulfonamides is 1. The molecule has 0 unspecified atom stereocenters. The Kier molecular flexibility index (Phi) is 5.54. The van der Waals surface area contributed by atoms with Crippen LogP contribution in [0.5, 0.6) is 0 Å². The normalized spacial score (nSPS) is 11.6. The molecule has 0 saturated heterocycles. The standard InChI is InChI=1S/C11H17FN2O2S/c1-13-8-9-17(15,16)14-7-6-10-4-2-3-5-11(10)12/h2-5,13-14H,6-9H2,1H3. The van der Waals surface area contributed by atoms with Crippen LogP contribution in [-0.4, -0.2) is 34.3 Å². The van der Waals surface area contributed by atoms with Crippen molar-refractivity contribution < 1.29 is 12.8 Å². The Hall–Kier alpha value is -0.980. The molecule has 0 aliphatic carbocycles. The number of hydrogen-bond acceptors (Lipinski definition) is 3. The molecule has 4 nitrogen and oxygen atoms in total. The Morgan fingerprint density at radius 3 is 2.59 bits per heavy atom. The Morgan fingerprint density at radius 2 is 1.94 bits per heavy atom. The molecule has 0 fully saturated rings. The second-order valence-electron chi connectivity index (χ2n) is 3.66. The van der Waals surface area contributed by atoms with Gasteiger partial charge in [0.1, 0.15) is 5.82 Å². The van der Waals surface area contributed by atoms with E-state index in [1.807, 2.05) is 0 Å². The van der Waals surface area contributed by atoms with E-state index in [0.29, 0.717) is 18.5 Å². The summed E-state index contributed by atoms with van der Waals surface area (Å²) < 4.78 is 38.5. The Bertz CT molecular complexity index is 449. The van der Waals surface area contributed by atoms with Gasteiger partial charge in [0.05, 0.1) is 5.75 Å². The van der Waals surface area contributed by atoms with Crippen molar-refractivity contribution in [1.82, 2.24) is 10.0 Å². The summed E-state index contributed by atoms with van der Waals surface area (Å²) in [5, 5.41) is 2.76. The quantitative estimate of drug-likeness (QED) is 0.751. The SMILES string of the molecule is CNCCS(=O)(=O)NCCc1ccccc1F. The number of benzene rings is 1. The van der Waals surface area contributed by atoms with Gasteiger partial charge in [-0.2, -0.15) is 0 Å². The molecule has 96 valence electrons. The van der Waals surface area contributed by atoms with Crippen molar-refractivity contribution in [2.24, 2.45) is 0 Å². The van der Waals surface area contributed by atoms with Crippen molar-refractivity contribution in [2.75, 3.05) is 25.9 Å². The first-order chi connectivity index (χ1) is 8.05. The van der Waals surface area contributed by atoms with Crippen LogP contribution in [0.4, 0.5) is 4.39 Å². The van der Waals surface area contributed by atoms with Crippen molar-refractivity contribution in [1.29, 1.82) is 0 Å². The van der Waals surface area contributed by atoms with Crippen LogP contribution in [0.1, 0.15) is 5.56 Å². The van der Waals surface area contributed by atoms with Gasteiger partial charge in [0.2, 0.25) is 10.0 Å². The van der Waals surface area contributed by atoms with Gasteiger partial charge < -0.3 is 5.32 Å². The minimum absolute atomic E-state index is 0.0285. The van der Waals surface area contributed by atoms with Crippen LogP contribution >= 0.6 is 0 Å². The van der Waals surface area contributed by atoms with Crippen LogP contribution in [0.3, 0.4) is 0 Å². The zero-order chi connectivity index (χ0) is 12.7. The lowest BCUT2D eigenvalue weighted by Crippen LogP contribution is -2.32. The number of halogens is 1. The molecule has 0 amide bonds. The fourth-order valence-corrected chi connectivity index (χ4v) is 2.38. The van der Waals surface area contributed by atoms with Gasteiger partial charge in [0.25, 0.3) is 0 Å². The maximum Gasteiger partial charge on any atom is 0.212 e. The van der Waals surface area contributed by atoms with E-state index < -0.39 is 10.0 Å². The lowest BCUT2D eigenvalue weighted by atomic mass is 10.1. The fraction of sp³-hybridized carbons (Fsp3) is 0.455. The smallest absolute Gasteiger partial charge is 0.212 e. The molecule has 0 atom stereocenters. The summed E-state index contributed by atoms with van der Waals surface area (Å²) in [7, 11) is -1.57. The summed E-state index contributed by atoms with van der Waals surface area (Å²) >= 11 is 0. The highest BCUT2D eigenvalue weighted by Gasteiger charge is 2.09. The molecule has 0 aliphatic rings. The van der Waals surface area contributed by atoms with Crippen molar-refractivity contribution in [3.8, 4) is 0 Å². The van der Waals surface area contributed by atoms with E-state index in [1.165, 1.54) is 6.07 Å². The Labute approximate surface area is 101 Å². The van der Waals surface area contributed by atoms with Crippen LogP contribution in [-0.2, 0) is 16.4 Å². The maximum absolute atomic E-state index is 13.2. The fourth-order valence-electron chi connectivity index (χ4n) is 1.35. The van der Waals surface area contributed by atoms with Crippen molar-refractivity contribution >= 4 is 10.0 Å². The van der Waals surface area contributed by atoms with Gasteiger partial charge in [-0.25, -0.2) is 17.5 Å². The number of rotatable bonds is 7. The van der Waals surface area contributed by atoms with Gasteiger partial charge >= 0.3 is 0 Å². The molecule has 0 radical (unpaired) electrons. The van der Waals surface area contributed by atoms with Crippen LogP contribution < -0.4 is 10.0 Å². The summed E-state index contributed by atoms with van der Waals surface area (Å²) in [5.41, 5.74) is 0.517. The third-order valence-corrected chi connectivity index (χ3v) is 3.68. The van der Waals surface area contributed by atoms with Gasteiger partial charge in [-0.05, 0) is 25.1 Å². The molecule has 0 heterocycles. The molecule has 6 heteroatoms. The van der Waals surface area contributed by atoms with Gasteiger partial charge in [-0.3, -0.25) is 0 Å². The summed E-state index contributed by atoms with van der Waals surface area (Å²) in [6.45, 7) is 0.613. The maximum atomic E-state index is 13.2. The zero-order valence-electron chi connectivity index (χ0n) is 9.74. The van der Waals surface area contributed by atoms with E-state index in [2.05, 4.69) is 10.0 Å².